The lowest BCUT2D eigenvalue weighted by molar-refractivity contribution is -0.139. The molecule has 11 nitrogen and oxygen atoms in total. The number of hydrazone groups is 1. The van der Waals surface area contributed by atoms with Crippen LogP contribution in [0.4, 0.5) is 4.39 Å². The molecule has 14 heteroatoms. The number of hydrogen-bond donors (Lipinski definition) is 1. The lowest BCUT2D eigenvalue weighted by Gasteiger charge is -2.45. The number of likely N-dealkylation sites (N-methyl/N-ethyl adjacent to an activating group) is 2. The molecular formula is C22H26ClFN6O5S. The Labute approximate surface area is 213 Å². The molecule has 1 aromatic carbocycles. The van der Waals surface area contributed by atoms with E-state index in [9.17, 15) is 27.5 Å². The normalized spacial score (nSPS) is 28.1. The molecule has 3 atom stereocenters. The zero-order valence-electron chi connectivity index (χ0n) is 19.9. The minimum Gasteiger partial charge on any atom is -0.509 e. The first kappa shape index (κ1) is 24.8. The molecule has 2 fully saturated rings. The van der Waals surface area contributed by atoms with Gasteiger partial charge in [0.25, 0.3) is 11.8 Å². The Balaban J connectivity index is 1.63. The van der Waals surface area contributed by atoms with Gasteiger partial charge in [0.05, 0.1) is 18.1 Å². The Morgan fingerprint density at radius 3 is 2.58 bits per heavy atom. The maximum absolute atomic E-state index is 13.7. The van der Waals surface area contributed by atoms with Crippen molar-refractivity contribution in [1.29, 1.82) is 0 Å². The molecule has 4 aliphatic rings. The number of aliphatic hydroxyl groups excluding tert-OH is 1. The molecule has 194 valence electrons. The van der Waals surface area contributed by atoms with Crippen LogP contribution in [-0.4, -0.2) is 99.9 Å². The summed E-state index contributed by atoms with van der Waals surface area (Å²) in [6.45, 7) is 4.61. The maximum atomic E-state index is 13.7. The van der Waals surface area contributed by atoms with Crippen LogP contribution in [0, 0.1) is 11.7 Å². The summed E-state index contributed by atoms with van der Waals surface area (Å²) in [6.07, 6.45) is 0. The van der Waals surface area contributed by atoms with E-state index in [1.54, 1.807) is 9.80 Å². The van der Waals surface area contributed by atoms with E-state index in [0.29, 0.717) is 18.7 Å². The van der Waals surface area contributed by atoms with Crippen molar-refractivity contribution >= 4 is 39.5 Å². The summed E-state index contributed by atoms with van der Waals surface area (Å²) in [5.74, 6) is -3.23. The fourth-order valence-electron chi connectivity index (χ4n) is 5.26. The highest BCUT2D eigenvalue weighted by Crippen LogP contribution is 2.43. The summed E-state index contributed by atoms with van der Waals surface area (Å²) in [5.41, 5.74) is 0.449. The second kappa shape index (κ2) is 8.60. The van der Waals surface area contributed by atoms with E-state index >= 15 is 0 Å². The smallest absolute Gasteiger partial charge is 0.304 e. The molecule has 2 amide bonds. The zero-order chi connectivity index (χ0) is 26.1. The molecule has 0 aromatic heterocycles. The average Bonchev–Trinajstić information content (AvgIpc) is 3.29. The van der Waals surface area contributed by atoms with Crippen molar-refractivity contribution in [3.63, 3.8) is 0 Å². The monoisotopic (exact) mass is 540 g/mol. The first-order valence-electron chi connectivity index (χ1n) is 11.6. The van der Waals surface area contributed by atoms with Gasteiger partial charge in [0, 0.05) is 32.7 Å². The van der Waals surface area contributed by atoms with E-state index in [1.165, 1.54) is 23.5 Å². The number of rotatable bonds is 3. The van der Waals surface area contributed by atoms with Crippen molar-refractivity contribution in [2.45, 2.75) is 32.5 Å². The van der Waals surface area contributed by atoms with Crippen molar-refractivity contribution in [2.75, 3.05) is 33.2 Å². The minimum absolute atomic E-state index is 0.0109. The summed E-state index contributed by atoms with van der Waals surface area (Å²) in [7, 11) is -2.48. The Morgan fingerprint density at radius 1 is 1.25 bits per heavy atom. The van der Waals surface area contributed by atoms with Crippen molar-refractivity contribution in [3.8, 4) is 0 Å². The molecule has 2 unspecified atom stereocenters. The predicted octanol–water partition coefficient (Wildman–Crippen LogP) is 0.948. The Morgan fingerprint density at radius 2 is 1.97 bits per heavy atom. The average molecular weight is 541 g/mol. The van der Waals surface area contributed by atoms with Crippen molar-refractivity contribution in [2.24, 2.45) is 11.0 Å². The van der Waals surface area contributed by atoms with Gasteiger partial charge in [0.2, 0.25) is 0 Å². The van der Waals surface area contributed by atoms with Gasteiger partial charge in [0.15, 0.2) is 5.84 Å². The van der Waals surface area contributed by atoms with Crippen LogP contribution in [0.25, 0.3) is 0 Å². The molecule has 4 aliphatic heterocycles. The fourth-order valence-corrected chi connectivity index (χ4v) is 6.80. The van der Waals surface area contributed by atoms with Gasteiger partial charge >= 0.3 is 10.2 Å². The number of hydrogen-bond acceptors (Lipinski definition) is 7. The van der Waals surface area contributed by atoms with Gasteiger partial charge < -0.3 is 14.9 Å². The number of halogens is 2. The molecule has 36 heavy (non-hydrogen) atoms. The number of benzene rings is 1. The molecule has 0 aliphatic carbocycles. The first-order valence-corrected chi connectivity index (χ1v) is 13.3. The first-order chi connectivity index (χ1) is 17.0. The van der Waals surface area contributed by atoms with E-state index in [0.717, 1.165) is 15.4 Å². The van der Waals surface area contributed by atoms with Crippen LogP contribution in [0.15, 0.2) is 34.8 Å². The molecule has 1 N–H and O–H groups in total. The SMILES string of the molecule is CCN1C[C@@H](C)N2C(=C(O)C3C(=O)N(Cc4ccc(F)c(Cl)c4)N=C(N4CCN(C)S4(=O)=O)C32)C1=O. The standard InChI is InChI=1S/C22H26ClFN6O5S/c1-4-27-10-12(2)30-17-16(19(31)18(30)22(27)33)21(32)28(11-13-5-6-15(24)14(23)9-13)25-20(17)29-8-7-26(3)36(29,34)35/h5-6,9,12,16-17,31H,4,7-8,10-11H2,1-3H3/t12-,16?,17?/m1/s1. The molecule has 0 bridgehead atoms. The van der Waals surface area contributed by atoms with E-state index in [4.69, 9.17) is 11.6 Å². The van der Waals surface area contributed by atoms with Crippen LogP contribution in [0.2, 0.25) is 5.02 Å². The molecule has 1 aromatic rings. The number of nitrogens with zero attached hydrogens (tertiary/aromatic N) is 6. The van der Waals surface area contributed by atoms with Crippen LogP contribution >= 0.6 is 11.6 Å². The number of piperazine rings is 1. The van der Waals surface area contributed by atoms with Crippen LogP contribution in [0.1, 0.15) is 19.4 Å². The predicted molar refractivity (Wildman–Crippen MR) is 128 cm³/mol. The quantitative estimate of drug-likeness (QED) is 0.610. The third-order valence-electron chi connectivity index (χ3n) is 7.11. The van der Waals surface area contributed by atoms with Gasteiger partial charge in [-0.05, 0) is 31.5 Å². The maximum Gasteiger partial charge on any atom is 0.304 e. The van der Waals surface area contributed by atoms with E-state index in [-0.39, 0.29) is 42.2 Å². The minimum atomic E-state index is -3.93. The van der Waals surface area contributed by atoms with Gasteiger partial charge in [-0.15, -0.1) is 0 Å². The highest BCUT2D eigenvalue weighted by molar-refractivity contribution is 7.87. The lowest BCUT2D eigenvalue weighted by atomic mass is 9.95. The summed E-state index contributed by atoms with van der Waals surface area (Å²) >= 11 is 5.90. The van der Waals surface area contributed by atoms with Gasteiger partial charge in [0.1, 0.15) is 29.2 Å². The van der Waals surface area contributed by atoms with Crippen LogP contribution in [-0.2, 0) is 26.3 Å². The molecule has 4 heterocycles. The molecule has 5 rings (SSSR count). The zero-order valence-corrected chi connectivity index (χ0v) is 21.5. The van der Waals surface area contributed by atoms with E-state index in [1.807, 2.05) is 13.8 Å². The third-order valence-corrected chi connectivity index (χ3v) is 9.30. The summed E-state index contributed by atoms with van der Waals surface area (Å²) in [6, 6.07) is 2.68. The Kier molecular flexibility index (Phi) is 5.92. The van der Waals surface area contributed by atoms with Crippen molar-refractivity contribution in [3.05, 3.63) is 46.1 Å². The second-order valence-electron chi connectivity index (χ2n) is 9.26. The van der Waals surface area contributed by atoms with Crippen molar-refractivity contribution in [1.82, 2.24) is 23.4 Å². The fraction of sp³-hybridized carbons (Fsp3) is 0.500. The van der Waals surface area contributed by atoms with Crippen LogP contribution < -0.4 is 0 Å². The molecule has 2 saturated heterocycles. The topological polar surface area (TPSA) is 117 Å². The number of amides is 2. The van der Waals surface area contributed by atoms with Crippen LogP contribution in [0.5, 0.6) is 0 Å². The van der Waals surface area contributed by atoms with Gasteiger partial charge in [-0.1, -0.05) is 17.7 Å². The van der Waals surface area contributed by atoms with Gasteiger partial charge in [-0.3, -0.25) is 9.59 Å². The van der Waals surface area contributed by atoms with E-state index < -0.39 is 45.6 Å². The Bertz CT molecular complexity index is 1320. The summed E-state index contributed by atoms with van der Waals surface area (Å²) < 4.78 is 42.2. The van der Waals surface area contributed by atoms with Crippen LogP contribution in [0.3, 0.4) is 0 Å². The highest BCUT2D eigenvalue weighted by Gasteiger charge is 2.59. The molecule has 0 spiro atoms. The number of fused-ring (bicyclic) bond motifs is 3. The van der Waals surface area contributed by atoms with Gasteiger partial charge in [-0.2, -0.15) is 17.8 Å². The Hall–Kier alpha value is -2.90. The van der Waals surface area contributed by atoms with Crippen molar-refractivity contribution < 1.29 is 27.5 Å². The third kappa shape index (κ3) is 3.55. The number of aliphatic hydroxyl groups is 1. The lowest BCUT2D eigenvalue weighted by Crippen LogP contribution is -2.62. The van der Waals surface area contributed by atoms with Gasteiger partial charge in [-0.25, -0.2) is 13.7 Å². The largest absolute Gasteiger partial charge is 0.509 e. The number of carbonyl (C=O) groups excluding carboxylic acids is 2. The highest BCUT2D eigenvalue weighted by atomic mass is 35.5. The number of amidine groups is 1. The summed E-state index contributed by atoms with van der Waals surface area (Å²) in [5, 5.41) is 16.6. The summed E-state index contributed by atoms with van der Waals surface area (Å²) in [4.78, 5) is 30.1. The molecule has 0 radical (unpaired) electrons. The molecule has 0 saturated carbocycles. The number of carbonyl (C=O) groups is 2. The van der Waals surface area contributed by atoms with E-state index in [2.05, 4.69) is 5.10 Å². The second-order valence-corrected chi connectivity index (χ2v) is 11.6. The molecular weight excluding hydrogens is 515 g/mol.